The largest absolute Gasteiger partial charge is 0.347 e. The van der Waals surface area contributed by atoms with E-state index in [4.69, 9.17) is 5.73 Å². The molecule has 52 valence electrons. The number of H-pyrrole nitrogens is 1. The normalized spacial score (nSPS) is 11.9. The molecule has 0 aliphatic rings. The Morgan fingerprint density at radius 3 is 2.67 bits per heavy atom. The summed E-state index contributed by atoms with van der Waals surface area (Å²) in [6.07, 6.45) is 3.37. The molecule has 3 N–H and O–H groups in total. The summed E-state index contributed by atoms with van der Waals surface area (Å²) in [6.45, 7) is 3.86. The van der Waals surface area contributed by atoms with Crippen molar-refractivity contribution >= 4 is 0 Å². The maximum absolute atomic E-state index is 5.73. The maximum atomic E-state index is 5.73. The summed E-state index contributed by atoms with van der Waals surface area (Å²) in [4.78, 5) is 6.79. The highest BCUT2D eigenvalue weighted by Gasteiger charge is 2.14. The van der Waals surface area contributed by atoms with Gasteiger partial charge in [-0.15, -0.1) is 0 Å². The van der Waals surface area contributed by atoms with Crippen LogP contribution in [0.4, 0.5) is 0 Å². The third kappa shape index (κ3) is 1.29. The second-order valence-corrected chi connectivity index (χ2v) is 2.69. The molecule has 0 aromatic carbocycles. The van der Waals surface area contributed by atoms with Crippen molar-refractivity contribution in [3.8, 4) is 0 Å². The Morgan fingerprint density at radius 1 is 1.78 bits per heavy atom. The number of rotatable bonds is 1. The molecule has 0 spiro atoms. The van der Waals surface area contributed by atoms with Gasteiger partial charge in [-0.3, -0.25) is 0 Å². The molecule has 1 rings (SSSR count). The van der Waals surface area contributed by atoms with Crippen LogP contribution in [-0.2, 0) is 5.54 Å². The highest BCUT2D eigenvalue weighted by Crippen LogP contribution is 2.11. The number of nitrogens with zero attached hydrogens (tertiary/aromatic N) is 1. The van der Waals surface area contributed by atoms with Gasteiger partial charge in [0.05, 0.1) is 17.6 Å². The minimum atomic E-state index is -0.295. The van der Waals surface area contributed by atoms with Gasteiger partial charge in [-0.2, -0.15) is 0 Å². The molecule has 0 aliphatic carbocycles. The summed E-state index contributed by atoms with van der Waals surface area (Å²) in [7, 11) is 0. The zero-order valence-electron chi connectivity index (χ0n) is 5.68. The summed E-state index contributed by atoms with van der Waals surface area (Å²) in [5, 5.41) is 0. The summed E-state index contributed by atoms with van der Waals surface area (Å²) < 4.78 is 0. The third-order valence-electron chi connectivity index (χ3n) is 1.19. The summed E-state index contributed by atoms with van der Waals surface area (Å²) in [6, 6.07) is 0. The second-order valence-electron chi connectivity index (χ2n) is 2.69. The standard InChI is InChI=1S/C6H11N3.H2/c1-6(2,7)5-3-8-4-9-5;/h3-4H,7H2,1-2H3,(H,8,9);1H. The van der Waals surface area contributed by atoms with Crippen LogP contribution in [0.15, 0.2) is 12.5 Å². The highest BCUT2D eigenvalue weighted by molar-refractivity contribution is 5.06. The molecule has 0 saturated carbocycles. The Kier molecular flexibility index (Phi) is 1.29. The van der Waals surface area contributed by atoms with Crippen molar-refractivity contribution in [1.29, 1.82) is 0 Å². The van der Waals surface area contributed by atoms with Gasteiger partial charge in [0, 0.05) is 7.62 Å². The smallest absolute Gasteiger partial charge is 0.0922 e. The average molecular weight is 127 g/mol. The molecule has 1 aromatic heterocycles. The minimum Gasteiger partial charge on any atom is -0.347 e. The first kappa shape index (κ1) is 6.29. The zero-order valence-corrected chi connectivity index (χ0v) is 5.68. The number of nitrogens with one attached hydrogen (secondary N) is 1. The van der Waals surface area contributed by atoms with Crippen molar-refractivity contribution in [3.63, 3.8) is 0 Å². The van der Waals surface area contributed by atoms with Crippen LogP contribution >= 0.6 is 0 Å². The van der Waals surface area contributed by atoms with Gasteiger partial charge in [0.25, 0.3) is 0 Å². The lowest BCUT2D eigenvalue weighted by atomic mass is 10.0. The fraction of sp³-hybridized carbons (Fsp3) is 0.500. The first-order valence-corrected chi connectivity index (χ1v) is 2.88. The van der Waals surface area contributed by atoms with Crippen molar-refractivity contribution in [2.75, 3.05) is 0 Å². The van der Waals surface area contributed by atoms with E-state index >= 15 is 0 Å². The molecule has 0 saturated heterocycles. The van der Waals surface area contributed by atoms with E-state index in [0.29, 0.717) is 0 Å². The molecule has 0 radical (unpaired) electrons. The Labute approximate surface area is 55.8 Å². The van der Waals surface area contributed by atoms with E-state index in [1.54, 1.807) is 12.5 Å². The molecule has 3 heteroatoms. The van der Waals surface area contributed by atoms with E-state index in [1.165, 1.54) is 0 Å². The topological polar surface area (TPSA) is 54.7 Å². The SMILES string of the molecule is CC(C)(N)c1cnc[nH]1.[HH]. The Hall–Kier alpha value is -0.830. The van der Waals surface area contributed by atoms with Crippen LogP contribution in [0.3, 0.4) is 0 Å². The first-order valence-electron chi connectivity index (χ1n) is 2.88. The molecular formula is C6H13N3. The van der Waals surface area contributed by atoms with Gasteiger partial charge in [-0.25, -0.2) is 4.98 Å². The number of hydrogen-bond donors (Lipinski definition) is 2. The molecule has 0 amide bonds. The monoisotopic (exact) mass is 127 g/mol. The van der Waals surface area contributed by atoms with E-state index in [2.05, 4.69) is 9.97 Å². The first-order chi connectivity index (χ1) is 4.11. The predicted molar refractivity (Wildman–Crippen MR) is 37.9 cm³/mol. The van der Waals surface area contributed by atoms with Crippen LogP contribution in [0.5, 0.6) is 0 Å². The van der Waals surface area contributed by atoms with Crippen LogP contribution in [0.1, 0.15) is 21.0 Å². The number of imidazole rings is 1. The lowest BCUT2D eigenvalue weighted by molar-refractivity contribution is 0.538. The number of aromatic nitrogens is 2. The molecule has 0 bridgehead atoms. The highest BCUT2D eigenvalue weighted by atomic mass is 14.9. The van der Waals surface area contributed by atoms with Crippen LogP contribution < -0.4 is 5.73 Å². The van der Waals surface area contributed by atoms with Gasteiger partial charge >= 0.3 is 0 Å². The van der Waals surface area contributed by atoms with Crippen LogP contribution in [-0.4, -0.2) is 9.97 Å². The van der Waals surface area contributed by atoms with Gasteiger partial charge < -0.3 is 10.7 Å². The quantitative estimate of drug-likeness (QED) is 0.587. The van der Waals surface area contributed by atoms with E-state index in [9.17, 15) is 0 Å². The molecular weight excluding hydrogens is 114 g/mol. The van der Waals surface area contributed by atoms with Crippen LogP contribution in [0.2, 0.25) is 0 Å². The summed E-state index contributed by atoms with van der Waals surface area (Å²) >= 11 is 0. The third-order valence-corrected chi connectivity index (χ3v) is 1.19. The van der Waals surface area contributed by atoms with Crippen molar-refractivity contribution in [1.82, 2.24) is 9.97 Å². The number of hydrogen-bond acceptors (Lipinski definition) is 2. The summed E-state index contributed by atoms with van der Waals surface area (Å²) in [5.74, 6) is 0. The van der Waals surface area contributed by atoms with E-state index < -0.39 is 0 Å². The van der Waals surface area contributed by atoms with Gasteiger partial charge in [-0.05, 0) is 13.8 Å². The molecule has 1 aromatic rings. The Bertz CT molecular complexity index is 175. The van der Waals surface area contributed by atoms with Crippen LogP contribution in [0, 0.1) is 0 Å². The number of aromatic amines is 1. The lowest BCUT2D eigenvalue weighted by Gasteiger charge is -2.14. The fourth-order valence-electron chi connectivity index (χ4n) is 0.608. The predicted octanol–water partition coefficient (Wildman–Crippen LogP) is 0.850. The van der Waals surface area contributed by atoms with Gasteiger partial charge in [0.2, 0.25) is 0 Å². The number of nitrogens with two attached hydrogens (primary N) is 1. The zero-order chi connectivity index (χ0) is 6.91. The van der Waals surface area contributed by atoms with Crippen molar-refractivity contribution in [2.24, 2.45) is 5.73 Å². The summed E-state index contributed by atoms with van der Waals surface area (Å²) in [5.41, 5.74) is 6.40. The molecule has 0 unspecified atom stereocenters. The molecule has 0 fully saturated rings. The fourth-order valence-corrected chi connectivity index (χ4v) is 0.608. The van der Waals surface area contributed by atoms with E-state index in [1.807, 2.05) is 13.8 Å². The molecule has 9 heavy (non-hydrogen) atoms. The van der Waals surface area contributed by atoms with Gasteiger partial charge in [-0.1, -0.05) is 0 Å². The van der Waals surface area contributed by atoms with E-state index in [-0.39, 0.29) is 6.97 Å². The lowest BCUT2D eigenvalue weighted by Crippen LogP contribution is -2.28. The minimum absolute atomic E-state index is 0. The van der Waals surface area contributed by atoms with Crippen molar-refractivity contribution in [3.05, 3.63) is 18.2 Å². The molecule has 0 aliphatic heterocycles. The van der Waals surface area contributed by atoms with Gasteiger partial charge in [0.1, 0.15) is 0 Å². The van der Waals surface area contributed by atoms with Gasteiger partial charge in [0.15, 0.2) is 0 Å². The Morgan fingerprint density at radius 2 is 2.44 bits per heavy atom. The second kappa shape index (κ2) is 1.84. The molecule has 1 heterocycles. The van der Waals surface area contributed by atoms with Crippen LogP contribution in [0.25, 0.3) is 0 Å². The molecule has 3 nitrogen and oxygen atoms in total. The van der Waals surface area contributed by atoms with Crippen molar-refractivity contribution in [2.45, 2.75) is 19.4 Å². The van der Waals surface area contributed by atoms with E-state index in [0.717, 1.165) is 5.69 Å². The average Bonchev–Trinajstić information content (AvgIpc) is 2.08. The molecule has 0 atom stereocenters. The van der Waals surface area contributed by atoms with Crippen molar-refractivity contribution < 1.29 is 1.43 Å². The Balaban J connectivity index is 0.000000810. The maximum Gasteiger partial charge on any atom is 0.0922 e.